The second-order valence-electron chi connectivity index (χ2n) is 6.72. The van der Waals surface area contributed by atoms with E-state index in [4.69, 9.17) is 9.47 Å². The normalized spacial score (nSPS) is 27.9. The minimum Gasteiger partial charge on any atom is -0.373 e. The molecule has 0 aromatic carbocycles. The van der Waals surface area contributed by atoms with E-state index in [0.717, 1.165) is 18.4 Å². The number of ether oxygens (including phenoxy) is 2. The number of rotatable bonds is 5. The predicted molar refractivity (Wildman–Crippen MR) is 90.3 cm³/mol. The van der Waals surface area contributed by atoms with Crippen LogP contribution in [-0.2, 0) is 9.47 Å². The quantitative estimate of drug-likeness (QED) is 0.476. The second-order valence-corrected chi connectivity index (χ2v) is 6.72. The molecule has 0 amide bonds. The topological polar surface area (TPSA) is 38.7 Å². The molecule has 1 aliphatic rings. The molecule has 3 nitrogen and oxygen atoms in total. The maximum atomic E-state index is 11.1. The minimum atomic E-state index is -1.15. The van der Waals surface area contributed by atoms with Crippen LogP contribution in [0.25, 0.3) is 0 Å². The minimum absolute atomic E-state index is 0.299. The molecule has 1 N–H and O–H groups in total. The SMILES string of the molecule is C=CC(C)(C#CC1(O)C(C)=CCCC1(C)C)OC(C)OCC. The number of hydrogen-bond donors (Lipinski definition) is 1. The molecular formula is C19H30O3. The zero-order valence-electron chi connectivity index (χ0n) is 14.8. The highest BCUT2D eigenvalue weighted by atomic mass is 16.7. The summed E-state index contributed by atoms with van der Waals surface area (Å²) in [5.74, 6) is 6.13. The number of allylic oxidation sites excluding steroid dienone is 1. The van der Waals surface area contributed by atoms with Crippen LogP contribution in [0.4, 0.5) is 0 Å². The maximum absolute atomic E-state index is 11.1. The summed E-state index contributed by atoms with van der Waals surface area (Å²) in [6.07, 6.45) is 5.20. The Morgan fingerprint density at radius 1 is 1.55 bits per heavy atom. The smallest absolute Gasteiger partial charge is 0.157 e. The molecule has 3 unspecified atom stereocenters. The molecule has 0 aliphatic heterocycles. The van der Waals surface area contributed by atoms with Gasteiger partial charge in [-0.15, -0.1) is 0 Å². The van der Waals surface area contributed by atoms with E-state index in [0.29, 0.717) is 6.61 Å². The lowest BCUT2D eigenvalue weighted by molar-refractivity contribution is -0.161. The average molecular weight is 306 g/mol. The molecule has 22 heavy (non-hydrogen) atoms. The van der Waals surface area contributed by atoms with Crippen LogP contribution in [0, 0.1) is 17.3 Å². The van der Waals surface area contributed by atoms with Gasteiger partial charge in [-0.1, -0.05) is 38.3 Å². The molecule has 0 saturated carbocycles. The summed E-state index contributed by atoms with van der Waals surface area (Å²) in [6, 6.07) is 0. The van der Waals surface area contributed by atoms with Crippen molar-refractivity contribution in [3.63, 3.8) is 0 Å². The Morgan fingerprint density at radius 3 is 2.68 bits per heavy atom. The van der Waals surface area contributed by atoms with Crippen molar-refractivity contribution >= 4 is 0 Å². The molecule has 0 spiro atoms. The molecule has 3 atom stereocenters. The number of hydrogen-bond acceptors (Lipinski definition) is 3. The van der Waals surface area contributed by atoms with Crippen molar-refractivity contribution in [3.8, 4) is 11.8 Å². The summed E-state index contributed by atoms with van der Waals surface area (Å²) in [5, 5.41) is 11.1. The summed E-state index contributed by atoms with van der Waals surface area (Å²) in [4.78, 5) is 0. The lowest BCUT2D eigenvalue weighted by Crippen LogP contribution is -2.47. The van der Waals surface area contributed by atoms with Gasteiger partial charge in [0.1, 0.15) is 5.60 Å². The van der Waals surface area contributed by atoms with E-state index < -0.39 is 11.2 Å². The van der Waals surface area contributed by atoms with E-state index in [1.54, 1.807) is 6.08 Å². The van der Waals surface area contributed by atoms with Gasteiger partial charge in [0.25, 0.3) is 0 Å². The highest BCUT2D eigenvalue weighted by Crippen LogP contribution is 2.43. The average Bonchev–Trinajstić information content (AvgIpc) is 2.43. The summed E-state index contributed by atoms with van der Waals surface area (Å²) < 4.78 is 11.2. The van der Waals surface area contributed by atoms with E-state index in [1.807, 2.05) is 41.5 Å². The van der Waals surface area contributed by atoms with Gasteiger partial charge < -0.3 is 14.6 Å². The van der Waals surface area contributed by atoms with Crippen molar-refractivity contribution in [2.75, 3.05) is 6.61 Å². The lowest BCUT2D eigenvalue weighted by Gasteiger charge is -2.43. The second kappa shape index (κ2) is 7.00. The van der Waals surface area contributed by atoms with Crippen LogP contribution >= 0.6 is 0 Å². The third kappa shape index (κ3) is 4.01. The van der Waals surface area contributed by atoms with Gasteiger partial charge in [0.05, 0.1) is 0 Å². The largest absolute Gasteiger partial charge is 0.373 e. The van der Waals surface area contributed by atoms with Crippen LogP contribution in [0.1, 0.15) is 54.4 Å². The Morgan fingerprint density at radius 2 is 2.18 bits per heavy atom. The van der Waals surface area contributed by atoms with E-state index in [9.17, 15) is 5.11 Å². The Balaban J connectivity index is 3.09. The fourth-order valence-corrected chi connectivity index (χ4v) is 2.74. The zero-order chi connectivity index (χ0) is 17.0. The number of aliphatic hydroxyl groups is 1. The van der Waals surface area contributed by atoms with Gasteiger partial charge in [0.2, 0.25) is 0 Å². The summed E-state index contributed by atoms with van der Waals surface area (Å²) in [6.45, 7) is 16.0. The lowest BCUT2D eigenvalue weighted by atomic mass is 9.65. The molecule has 0 fully saturated rings. The van der Waals surface area contributed by atoms with Gasteiger partial charge >= 0.3 is 0 Å². The first-order valence-electron chi connectivity index (χ1n) is 7.97. The summed E-state index contributed by atoms with van der Waals surface area (Å²) in [7, 11) is 0. The van der Waals surface area contributed by atoms with Gasteiger partial charge in [0, 0.05) is 12.0 Å². The van der Waals surface area contributed by atoms with Crippen molar-refractivity contribution in [3.05, 3.63) is 24.3 Å². The van der Waals surface area contributed by atoms with Crippen molar-refractivity contribution in [2.45, 2.75) is 71.9 Å². The molecule has 0 radical (unpaired) electrons. The van der Waals surface area contributed by atoms with Gasteiger partial charge in [0.15, 0.2) is 11.9 Å². The molecule has 1 rings (SSSR count). The Labute approximate surface area is 135 Å². The first kappa shape index (κ1) is 19.0. The van der Waals surface area contributed by atoms with Crippen molar-refractivity contribution in [2.24, 2.45) is 5.41 Å². The zero-order valence-corrected chi connectivity index (χ0v) is 14.8. The highest BCUT2D eigenvalue weighted by Gasteiger charge is 2.45. The molecule has 0 aromatic rings. The Hall–Kier alpha value is -1.08. The van der Waals surface area contributed by atoms with Crippen LogP contribution in [0.3, 0.4) is 0 Å². The highest BCUT2D eigenvalue weighted by molar-refractivity contribution is 5.38. The third-order valence-electron chi connectivity index (χ3n) is 4.46. The van der Waals surface area contributed by atoms with Gasteiger partial charge in [-0.05, 0) is 52.2 Å². The molecule has 0 aromatic heterocycles. The fourth-order valence-electron chi connectivity index (χ4n) is 2.74. The van der Waals surface area contributed by atoms with E-state index in [1.165, 1.54) is 0 Å². The van der Waals surface area contributed by atoms with Gasteiger partial charge in [-0.3, -0.25) is 0 Å². The molecule has 3 heteroatoms. The van der Waals surface area contributed by atoms with Crippen molar-refractivity contribution in [1.82, 2.24) is 0 Å². The van der Waals surface area contributed by atoms with Gasteiger partial charge in [-0.25, -0.2) is 0 Å². The molecule has 1 aliphatic carbocycles. The molecule has 0 bridgehead atoms. The first-order chi connectivity index (χ1) is 10.1. The third-order valence-corrected chi connectivity index (χ3v) is 4.46. The first-order valence-corrected chi connectivity index (χ1v) is 7.97. The molecule has 124 valence electrons. The van der Waals surface area contributed by atoms with Crippen molar-refractivity contribution in [1.29, 1.82) is 0 Å². The van der Waals surface area contributed by atoms with E-state index in [-0.39, 0.29) is 11.7 Å². The predicted octanol–water partition coefficient (Wildman–Crippen LogP) is 3.83. The summed E-state index contributed by atoms with van der Waals surface area (Å²) in [5.41, 5.74) is -1.40. The molecule has 0 heterocycles. The van der Waals surface area contributed by atoms with Crippen LogP contribution in [0.5, 0.6) is 0 Å². The van der Waals surface area contributed by atoms with Crippen LogP contribution in [0.2, 0.25) is 0 Å². The fraction of sp³-hybridized carbons (Fsp3) is 0.684. The van der Waals surface area contributed by atoms with E-state index >= 15 is 0 Å². The molecule has 0 saturated heterocycles. The summed E-state index contributed by atoms with van der Waals surface area (Å²) >= 11 is 0. The Bertz CT molecular complexity index is 495. The van der Waals surface area contributed by atoms with Crippen LogP contribution < -0.4 is 0 Å². The van der Waals surface area contributed by atoms with Crippen LogP contribution in [0.15, 0.2) is 24.3 Å². The molecular weight excluding hydrogens is 276 g/mol. The standard InChI is InChI=1S/C19H30O3/c1-8-18(7,22-16(4)21-9-2)13-14-19(20)15(3)11-10-12-17(19,5)6/h8,11,16,20H,1,9-10,12H2,2-7H3. The van der Waals surface area contributed by atoms with Gasteiger partial charge in [-0.2, -0.15) is 0 Å². The monoisotopic (exact) mass is 306 g/mol. The van der Waals surface area contributed by atoms with E-state index in [2.05, 4.69) is 24.5 Å². The maximum Gasteiger partial charge on any atom is 0.157 e. The Kier molecular flexibility index (Phi) is 6.03. The van der Waals surface area contributed by atoms with Crippen molar-refractivity contribution < 1.29 is 14.6 Å². The van der Waals surface area contributed by atoms with Crippen LogP contribution in [-0.4, -0.2) is 29.2 Å².